The SMILES string of the molecule is CCNC(=O)NC(=O)[C@@H](C)OC(=O)c1c(NC(C)=O)sc(C)c1C. The number of thiophene rings is 1. The fourth-order valence-corrected chi connectivity index (χ4v) is 2.91. The summed E-state index contributed by atoms with van der Waals surface area (Å²) in [4.78, 5) is 47.6. The number of amides is 4. The van der Waals surface area contributed by atoms with Gasteiger partial charge in [0, 0.05) is 18.3 Å². The second-order valence-electron chi connectivity index (χ2n) is 5.06. The molecule has 0 aliphatic heterocycles. The van der Waals surface area contributed by atoms with Crippen LogP contribution in [0.1, 0.15) is 41.6 Å². The van der Waals surface area contributed by atoms with Gasteiger partial charge in [-0.3, -0.25) is 14.9 Å². The third-order valence-corrected chi connectivity index (χ3v) is 4.23. The summed E-state index contributed by atoms with van der Waals surface area (Å²) in [5.41, 5.74) is 0.885. The molecule has 0 saturated carbocycles. The predicted octanol–water partition coefficient (Wildman–Crippen LogP) is 1.71. The van der Waals surface area contributed by atoms with Crippen molar-refractivity contribution in [3.05, 3.63) is 16.0 Å². The molecule has 0 unspecified atom stereocenters. The number of hydrogen-bond acceptors (Lipinski definition) is 6. The van der Waals surface area contributed by atoms with Crippen molar-refractivity contribution < 1.29 is 23.9 Å². The van der Waals surface area contributed by atoms with Crippen molar-refractivity contribution in [2.45, 2.75) is 40.7 Å². The third kappa shape index (κ3) is 5.05. The van der Waals surface area contributed by atoms with Gasteiger partial charge in [-0.1, -0.05) is 0 Å². The lowest BCUT2D eigenvalue weighted by atomic mass is 10.1. The lowest BCUT2D eigenvalue weighted by molar-refractivity contribution is -0.128. The second kappa shape index (κ2) is 8.44. The number of aryl methyl sites for hydroxylation is 1. The predicted molar refractivity (Wildman–Crippen MR) is 90.2 cm³/mol. The molecule has 0 aromatic carbocycles. The van der Waals surface area contributed by atoms with Crippen LogP contribution >= 0.6 is 11.3 Å². The number of urea groups is 1. The minimum absolute atomic E-state index is 0.213. The first kappa shape index (κ1) is 19.6. The zero-order chi connectivity index (χ0) is 18.4. The molecule has 24 heavy (non-hydrogen) atoms. The monoisotopic (exact) mass is 355 g/mol. The molecule has 0 saturated heterocycles. The number of carbonyl (C=O) groups excluding carboxylic acids is 4. The Morgan fingerprint density at radius 1 is 1.21 bits per heavy atom. The molecule has 9 heteroatoms. The molecule has 0 bridgehead atoms. The number of carbonyl (C=O) groups is 4. The number of ether oxygens (including phenoxy) is 1. The van der Waals surface area contributed by atoms with Gasteiger partial charge in [-0.05, 0) is 33.3 Å². The van der Waals surface area contributed by atoms with Gasteiger partial charge in [0.25, 0.3) is 5.91 Å². The number of imide groups is 1. The van der Waals surface area contributed by atoms with E-state index in [2.05, 4.69) is 16.0 Å². The van der Waals surface area contributed by atoms with Crippen LogP contribution in [0.25, 0.3) is 0 Å². The normalized spacial score (nSPS) is 11.4. The Morgan fingerprint density at radius 3 is 2.38 bits per heavy atom. The average Bonchev–Trinajstić information content (AvgIpc) is 2.72. The number of esters is 1. The molecule has 0 aliphatic carbocycles. The maximum Gasteiger partial charge on any atom is 0.342 e. The topological polar surface area (TPSA) is 114 Å². The van der Waals surface area contributed by atoms with Gasteiger partial charge in [-0.25, -0.2) is 9.59 Å². The maximum absolute atomic E-state index is 12.4. The molecule has 0 spiro atoms. The molecule has 0 aliphatic rings. The van der Waals surface area contributed by atoms with Crippen LogP contribution < -0.4 is 16.0 Å². The molecule has 4 amide bonds. The molecular formula is C15H21N3O5S. The zero-order valence-corrected chi connectivity index (χ0v) is 15.1. The lowest BCUT2D eigenvalue weighted by Gasteiger charge is -2.14. The van der Waals surface area contributed by atoms with E-state index in [0.717, 1.165) is 4.88 Å². The molecule has 1 rings (SSSR count). The molecule has 0 radical (unpaired) electrons. The summed E-state index contributed by atoms with van der Waals surface area (Å²) in [5, 5.41) is 7.43. The Bertz CT molecular complexity index is 668. The minimum atomic E-state index is -1.16. The van der Waals surface area contributed by atoms with Gasteiger partial charge in [0.1, 0.15) is 5.00 Å². The highest BCUT2D eigenvalue weighted by Gasteiger charge is 2.26. The fourth-order valence-electron chi connectivity index (χ4n) is 1.81. The highest BCUT2D eigenvalue weighted by atomic mass is 32.1. The van der Waals surface area contributed by atoms with E-state index in [1.165, 1.54) is 25.2 Å². The van der Waals surface area contributed by atoms with Crippen LogP contribution in [0, 0.1) is 13.8 Å². The number of anilines is 1. The quantitative estimate of drug-likeness (QED) is 0.696. The van der Waals surface area contributed by atoms with E-state index < -0.39 is 24.0 Å². The van der Waals surface area contributed by atoms with E-state index in [1.807, 2.05) is 6.92 Å². The zero-order valence-electron chi connectivity index (χ0n) is 14.2. The molecule has 1 aromatic heterocycles. The molecule has 0 fully saturated rings. The standard InChI is InChI=1S/C15H21N3O5S/c1-6-16-15(22)18-12(20)8(3)23-14(21)11-7(2)9(4)24-13(11)17-10(5)19/h8H,6H2,1-5H3,(H,17,19)(H2,16,18,20,22)/t8-/m1/s1. The van der Waals surface area contributed by atoms with Crippen molar-refractivity contribution in [2.75, 3.05) is 11.9 Å². The average molecular weight is 355 g/mol. The van der Waals surface area contributed by atoms with Gasteiger partial charge in [-0.2, -0.15) is 0 Å². The maximum atomic E-state index is 12.4. The second-order valence-corrected chi connectivity index (χ2v) is 6.29. The summed E-state index contributed by atoms with van der Waals surface area (Å²) in [5.74, 6) is -1.79. The fraction of sp³-hybridized carbons (Fsp3) is 0.467. The van der Waals surface area contributed by atoms with Crippen LogP contribution in [-0.4, -0.2) is 36.5 Å². The van der Waals surface area contributed by atoms with Crippen LogP contribution in [0.2, 0.25) is 0 Å². The molecule has 3 N–H and O–H groups in total. The third-order valence-electron chi connectivity index (χ3n) is 3.11. The Balaban J connectivity index is 2.86. The highest BCUT2D eigenvalue weighted by molar-refractivity contribution is 7.16. The molecule has 1 heterocycles. The molecule has 132 valence electrons. The van der Waals surface area contributed by atoms with Gasteiger partial charge < -0.3 is 15.4 Å². The summed E-state index contributed by atoms with van der Waals surface area (Å²) in [6.45, 7) is 8.31. The van der Waals surface area contributed by atoms with Crippen molar-refractivity contribution in [3.63, 3.8) is 0 Å². The molecular weight excluding hydrogens is 334 g/mol. The Hall–Kier alpha value is -2.42. The summed E-state index contributed by atoms with van der Waals surface area (Å²) in [6.07, 6.45) is -1.16. The summed E-state index contributed by atoms with van der Waals surface area (Å²) in [6, 6.07) is -0.660. The van der Waals surface area contributed by atoms with Crippen LogP contribution in [0.15, 0.2) is 0 Å². The van der Waals surface area contributed by atoms with E-state index in [4.69, 9.17) is 4.74 Å². The van der Waals surface area contributed by atoms with E-state index >= 15 is 0 Å². The first-order valence-corrected chi connectivity index (χ1v) is 8.16. The van der Waals surface area contributed by atoms with Gasteiger partial charge in [0.15, 0.2) is 6.10 Å². The van der Waals surface area contributed by atoms with E-state index in [9.17, 15) is 19.2 Å². The Labute approximate surface area is 143 Å². The Kier molecular flexibility index (Phi) is 6.90. The summed E-state index contributed by atoms with van der Waals surface area (Å²) in [7, 11) is 0. The lowest BCUT2D eigenvalue weighted by Crippen LogP contribution is -2.44. The smallest absolute Gasteiger partial charge is 0.342 e. The van der Waals surface area contributed by atoms with E-state index in [1.54, 1.807) is 13.8 Å². The van der Waals surface area contributed by atoms with Gasteiger partial charge in [0.2, 0.25) is 5.91 Å². The van der Waals surface area contributed by atoms with Gasteiger partial charge in [-0.15, -0.1) is 11.3 Å². The number of rotatable bonds is 5. The van der Waals surface area contributed by atoms with Crippen molar-refractivity contribution in [1.29, 1.82) is 0 Å². The minimum Gasteiger partial charge on any atom is -0.449 e. The van der Waals surface area contributed by atoms with Crippen molar-refractivity contribution in [3.8, 4) is 0 Å². The van der Waals surface area contributed by atoms with Crippen LogP contribution in [0.3, 0.4) is 0 Å². The largest absolute Gasteiger partial charge is 0.449 e. The van der Waals surface area contributed by atoms with Crippen LogP contribution in [0.5, 0.6) is 0 Å². The number of nitrogens with one attached hydrogen (secondary N) is 3. The Morgan fingerprint density at radius 2 is 1.83 bits per heavy atom. The van der Waals surface area contributed by atoms with Crippen molar-refractivity contribution >= 4 is 40.2 Å². The van der Waals surface area contributed by atoms with E-state index in [0.29, 0.717) is 17.1 Å². The first-order chi connectivity index (χ1) is 11.2. The van der Waals surface area contributed by atoms with Gasteiger partial charge in [0.05, 0.1) is 5.56 Å². The molecule has 8 nitrogen and oxygen atoms in total. The molecule has 1 atom stereocenters. The number of hydrogen-bond donors (Lipinski definition) is 3. The first-order valence-electron chi connectivity index (χ1n) is 7.34. The summed E-state index contributed by atoms with van der Waals surface area (Å²) < 4.78 is 5.12. The summed E-state index contributed by atoms with van der Waals surface area (Å²) >= 11 is 1.25. The molecule has 1 aromatic rings. The van der Waals surface area contributed by atoms with Crippen molar-refractivity contribution in [2.24, 2.45) is 0 Å². The van der Waals surface area contributed by atoms with Crippen molar-refractivity contribution in [1.82, 2.24) is 10.6 Å². The van der Waals surface area contributed by atoms with Crippen LogP contribution in [-0.2, 0) is 14.3 Å². The highest BCUT2D eigenvalue weighted by Crippen LogP contribution is 2.33. The van der Waals surface area contributed by atoms with Crippen LogP contribution in [0.4, 0.5) is 9.80 Å². The van der Waals surface area contributed by atoms with E-state index in [-0.39, 0.29) is 11.5 Å². The van der Waals surface area contributed by atoms with Gasteiger partial charge >= 0.3 is 12.0 Å².